The summed E-state index contributed by atoms with van der Waals surface area (Å²) in [6.45, 7) is -0.656. The van der Waals surface area contributed by atoms with Crippen LogP contribution in [0, 0.1) is 0 Å². The lowest BCUT2D eigenvalue weighted by molar-refractivity contribution is -0.253. The van der Waals surface area contributed by atoms with Gasteiger partial charge in [0.25, 0.3) is 0 Å². The molecule has 2 atom stereocenters. The fourth-order valence-corrected chi connectivity index (χ4v) is 2.72. The van der Waals surface area contributed by atoms with E-state index in [0.29, 0.717) is 5.75 Å². The summed E-state index contributed by atoms with van der Waals surface area (Å²) >= 11 is 0. The Morgan fingerprint density at radius 3 is 2.82 bits per heavy atom. The van der Waals surface area contributed by atoms with Crippen LogP contribution in [0.2, 0.25) is 0 Å². The van der Waals surface area contributed by atoms with Crippen molar-refractivity contribution in [2.24, 2.45) is 0 Å². The first-order valence-corrected chi connectivity index (χ1v) is 6.86. The van der Waals surface area contributed by atoms with E-state index in [2.05, 4.69) is 5.32 Å². The number of amides is 2. The van der Waals surface area contributed by atoms with Gasteiger partial charge in [-0.15, -0.1) is 0 Å². The first kappa shape index (κ1) is 15.0. The average Bonchev–Trinajstić information content (AvgIpc) is 3.04. The van der Waals surface area contributed by atoms with Crippen LogP contribution in [-0.4, -0.2) is 47.5 Å². The quantitative estimate of drug-likeness (QED) is 0.831. The van der Waals surface area contributed by atoms with Crippen molar-refractivity contribution in [3.8, 4) is 5.75 Å². The molecule has 3 rings (SSSR count). The Labute approximate surface area is 124 Å². The highest BCUT2D eigenvalue weighted by atomic mass is 19.4. The van der Waals surface area contributed by atoms with Crippen LogP contribution in [0.5, 0.6) is 5.75 Å². The summed E-state index contributed by atoms with van der Waals surface area (Å²) in [6.07, 6.45) is -5.26. The molecular formula is C14H15F3N2O3. The third kappa shape index (κ3) is 2.47. The normalized spacial score (nSPS) is 27.5. The number of hydrogen-bond donors (Lipinski definition) is 2. The van der Waals surface area contributed by atoms with Gasteiger partial charge in [0.1, 0.15) is 12.4 Å². The van der Waals surface area contributed by atoms with Crippen LogP contribution in [0.25, 0.3) is 0 Å². The number of urea groups is 1. The largest absolute Gasteiger partial charge is 0.491 e. The molecule has 2 heterocycles. The molecule has 0 aromatic heterocycles. The van der Waals surface area contributed by atoms with E-state index in [9.17, 15) is 23.1 Å². The summed E-state index contributed by atoms with van der Waals surface area (Å²) in [6, 6.07) is 6.12. The van der Waals surface area contributed by atoms with Crippen LogP contribution in [0.3, 0.4) is 0 Å². The molecule has 1 fully saturated rings. The number of benzene rings is 1. The number of para-hydroxylation sites is 1. The maximum absolute atomic E-state index is 12.8. The van der Waals surface area contributed by atoms with Gasteiger partial charge in [-0.25, -0.2) is 4.79 Å². The first-order valence-electron chi connectivity index (χ1n) is 6.86. The van der Waals surface area contributed by atoms with Crippen molar-refractivity contribution in [1.82, 2.24) is 10.2 Å². The second kappa shape index (κ2) is 5.05. The number of β-amino-alcohol motifs (C(OH)–C–C–N with tert-alkyl or cyclic N) is 1. The van der Waals surface area contributed by atoms with Crippen molar-refractivity contribution < 1.29 is 27.8 Å². The van der Waals surface area contributed by atoms with E-state index < -0.39 is 36.8 Å². The van der Waals surface area contributed by atoms with Crippen LogP contribution < -0.4 is 10.1 Å². The number of likely N-dealkylation sites (tertiary alicyclic amines) is 1. The number of nitrogens with one attached hydrogen (secondary N) is 1. The number of fused-ring (bicyclic) bond motifs is 1. The van der Waals surface area contributed by atoms with Crippen LogP contribution >= 0.6 is 0 Å². The topological polar surface area (TPSA) is 61.8 Å². The Morgan fingerprint density at radius 1 is 1.41 bits per heavy atom. The fourth-order valence-electron chi connectivity index (χ4n) is 2.72. The lowest BCUT2D eigenvalue weighted by Crippen LogP contribution is -2.49. The van der Waals surface area contributed by atoms with Crippen molar-refractivity contribution in [3.63, 3.8) is 0 Å². The first-order chi connectivity index (χ1) is 10.3. The van der Waals surface area contributed by atoms with Gasteiger partial charge in [-0.3, -0.25) is 0 Å². The molecule has 1 saturated heterocycles. The Morgan fingerprint density at radius 2 is 2.14 bits per heavy atom. The molecule has 22 heavy (non-hydrogen) atoms. The monoisotopic (exact) mass is 316 g/mol. The Hall–Kier alpha value is -1.96. The maximum Gasteiger partial charge on any atom is 0.419 e. The Bertz CT molecular complexity index is 593. The summed E-state index contributed by atoms with van der Waals surface area (Å²) in [5.74, 6) is 0.654. The van der Waals surface area contributed by atoms with Crippen molar-refractivity contribution in [2.45, 2.75) is 24.2 Å². The Kier molecular flexibility index (Phi) is 3.43. The van der Waals surface area contributed by atoms with Gasteiger partial charge in [-0.2, -0.15) is 13.2 Å². The lowest BCUT2D eigenvalue weighted by atomic mass is 10.0. The molecule has 0 saturated carbocycles. The molecule has 0 radical (unpaired) electrons. The third-order valence-corrected chi connectivity index (χ3v) is 4.06. The van der Waals surface area contributed by atoms with Crippen LogP contribution in [-0.2, 0) is 0 Å². The number of carbonyl (C=O) groups is 1. The molecule has 1 aromatic rings. The second-order valence-electron chi connectivity index (χ2n) is 5.55. The Balaban J connectivity index is 1.65. The van der Waals surface area contributed by atoms with Gasteiger partial charge in [-0.05, 0) is 6.07 Å². The van der Waals surface area contributed by atoms with Crippen molar-refractivity contribution in [1.29, 1.82) is 0 Å². The van der Waals surface area contributed by atoms with Gasteiger partial charge in [0.15, 0.2) is 5.60 Å². The molecule has 2 amide bonds. The summed E-state index contributed by atoms with van der Waals surface area (Å²) < 4.78 is 43.7. The molecule has 1 aromatic carbocycles. The van der Waals surface area contributed by atoms with E-state index in [0.717, 1.165) is 10.5 Å². The average molecular weight is 316 g/mol. The van der Waals surface area contributed by atoms with Crippen LogP contribution in [0.1, 0.15) is 18.0 Å². The van der Waals surface area contributed by atoms with Crippen molar-refractivity contribution in [3.05, 3.63) is 29.8 Å². The standard InChI is InChI=1S/C14H15F3N2O3/c15-14(16,17)13(21)5-6-19(8-13)12(20)18-10-7-22-11-4-2-1-3-9(10)11/h1-4,10,21H,5-8H2,(H,18,20)/t10-,13-/m1/s1. The zero-order chi connectivity index (χ0) is 16.0. The minimum absolute atomic E-state index is 0.142. The molecule has 2 N–H and O–H groups in total. The van der Waals surface area contributed by atoms with Gasteiger partial charge in [0, 0.05) is 18.5 Å². The van der Waals surface area contributed by atoms with E-state index in [1.165, 1.54) is 0 Å². The smallest absolute Gasteiger partial charge is 0.419 e. The van der Waals surface area contributed by atoms with Gasteiger partial charge in [-0.1, -0.05) is 18.2 Å². The molecule has 0 unspecified atom stereocenters. The lowest BCUT2D eigenvalue weighted by Gasteiger charge is -2.26. The number of halogens is 3. The molecule has 0 bridgehead atoms. The maximum atomic E-state index is 12.8. The highest BCUT2D eigenvalue weighted by Gasteiger charge is 2.57. The predicted molar refractivity (Wildman–Crippen MR) is 70.4 cm³/mol. The summed E-state index contributed by atoms with van der Waals surface area (Å²) in [7, 11) is 0. The SMILES string of the molecule is O=C(N[C@@H]1COc2ccccc21)N1CC[C@](O)(C(F)(F)F)C1. The van der Waals surface area contributed by atoms with Crippen molar-refractivity contribution in [2.75, 3.05) is 19.7 Å². The number of alkyl halides is 3. The van der Waals surface area contributed by atoms with Gasteiger partial charge < -0.3 is 20.1 Å². The zero-order valence-electron chi connectivity index (χ0n) is 11.6. The summed E-state index contributed by atoms with van der Waals surface area (Å²) in [5.41, 5.74) is -2.03. The fraction of sp³-hybridized carbons (Fsp3) is 0.500. The molecular weight excluding hydrogens is 301 g/mol. The number of nitrogens with zero attached hydrogens (tertiary/aromatic N) is 1. The molecule has 5 nitrogen and oxygen atoms in total. The van der Waals surface area contributed by atoms with E-state index >= 15 is 0 Å². The van der Waals surface area contributed by atoms with Crippen molar-refractivity contribution >= 4 is 6.03 Å². The third-order valence-electron chi connectivity index (χ3n) is 4.06. The van der Waals surface area contributed by atoms with E-state index in [-0.39, 0.29) is 13.2 Å². The molecule has 2 aliphatic rings. The number of ether oxygens (including phenoxy) is 1. The van der Waals surface area contributed by atoms with Crippen LogP contribution in [0.4, 0.5) is 18.0 Å². The highest BCUT2D eigenvalue weighted by molar-refractivity contribution is 5.75. The number of aliphatic hydroxyl groups is 1. The molecule has 8 heteroatoms. The predicted octanol–water partition coefficient (Wildman–Crippen LogP) is 1.83. The van der Waals surface area contributed by atoms with Gasteiger partial charge >= 0.3 is 12.2 Å². The zero-order valence-corrected chi connectivity index (χ0v) is 11.6. The molecule has 0 aliphatic carbocycles. The van der Waals surface area contributed by atoms with Gasteiger partial charge in [0.2, 0.25) is 0 Å². The minimum Gasteiger partial charge on any atom is -0.491 e. The minimum atomic E-state index is -4.74. The molecule has 120 valence electrons. The summed E-state index contributed by atoms with van der Waals surface area (Å²) in [4.78, 5) is 13.1. The molecule has 0 spiro atoms. The highest BCUT2D eigenvalue weighted by Crippen LogP contribution is 2.38. The van der Waals surface area contributed by atoms with E-state index in [1.54, 1.807) is 24.3 Å². The van der Waals surface area contributed by atoms with Gasteiger partial charge in [0.05, 0.1) is 12.6 Å². The summed E-state index contributed by atoms with van der Waals surface area (Å²) in [5, 5.41) is 12.2. The number of carbonyl (C=O) groups excluding carboxylic acids is 1. The van der Waals surface area contributed by atoms with E-state index in [1.807, 2.05) is 0 Å². The van der Waals surface area contributed by atoms with Crippen LogP contribution in [0.15, 0.2) is 24.3 Å². The number of rotatable bonds is 1. The van der Waals surface area contributed by atoms with E-state index in [4.69, 9.17) is 4.74 Å². The number of hydrogen-bond acceptors (Lipinski definition) is 3. The second-order valence-corrected chi connectivity index (χ2v) is 5.55. The molecule has 2 aliphatic heterocycles.